The van der Waals surface area contributed by atoms with Crippen LogP contribution < -0.4 is 15.1 Å². The number of aliphatic hydroxyl groups is 2. The number of carbonyl (C=O) groups excluding carboxylic acids is 3. The van der Waals surface area contributed by atoms with E-state index in [4.69, 9.17) is 5.11 Å². The average Bonchev–Trinajstić information content (AvgIpc) is 3.04. The van der Waals surface area contributed by atoms with Crippen LogP contribution in [-0.2, 0) is 24.7 Å². The van der Waals surface area contributed by atoms with Gasteiger partial charge in [-0.1, -0.05) is 19.1 Å². The van der Waals surface area contributed by atoms with Gasteiger partial charge >= 0.3 is 5.97 Å². The highest BCUT2D eigenvalue weighted by molar-refractivity contribution is 6.08. The van der Waals surface area contributed by atoms with Gasteiger partial charge in [-0.05, 0) is 37.5 Å². The number of piperazine rings is 1. The van der Waals surface area contributed by atoms with E-state index < -0.39 is 17.4 Å². The van der Waals surface area contributed by atoms with E-state index in [9.17, 15) is 19.5 Å². The van der Waals surface area contributed by atoms with Crippen LogP contribution in [0.15, 0.2) is 30.4 Å². The number of nitrogens with one attached hydrogen (secondary N) is 1. The molecule has 1 aromatic rings. The second kappa shape index (κ2) is 10.9. The van der Waals surface area contributed by atoms with Crippen LogP contribution in [0.25, 0.3) is 0 Å². The van der Waals surface area contributed by atoms with E-state index in [-0.39, 0.29) is 31.4 Å². The van der Waals surface area contributed by atoms with Gasteiger partial charge in [0.05, 0.1) is 19.3 Å². The summed E-state index contributed by atoms with van der Waals surface area (Å²) in [6.45, 7) is 3.51. The highest BCUT2D eigenvalue weighted by Crippen LogP contribution is 2.46. The minimum absolute atomic E-state index is 0.0201. The number of nitrogens with zero attached hydrogens (tertiary/aromatic N) is 2. The van der Waals surface area contributed by atoms with Crippen molar-refractivity contribution in [2.75, 3.05) is 49.7 Å². The van der Waals surface area contributed by atoms with Gasteiger partial charge in [0.15, 0.2) is 5.60 Å². The number of aliphatic hydroxyl groups excluding tert-OH is 1. The smallest absolute Gasteiger partial charge is 0.305 e. The Labute approximate surface area is 194 Å². The Morgan fingerprint density at radius 1 is 1.33 bits per heavy atom. The molecule has 0 saturated carbocycles. The summed E-state index contributed by atoms with van der Waals surface area (Å²) in [5, 5.41) is 23.8. The first-order valence-corrected chi connectivity index (χ1v) is 11.4. The number of benzene rings is 1. The van der Waals surface area contributed by atoms with E-state index in [0.29, 0.717) is 55.8 Å². The summed E-state index contributed by atoms with van der Waals surface area (Å²) in [6.07, 6.45) is 5.31. The SMILES string of the molecule is COC(=O)CCCCN1C(=O)[C@](O)([C@H](C)/C=C/CCO)c2cc(N3CCNCC3=O)ccc21. The van der Waals surface area contributed by atoms with Gasteiger partial charge in [-0.25, -0.2) is 0 Å². The number of methoxy groups -OCH3 is 1. The largest absolute Gasteiger partial charge is 0.469 e. The Kier molecular flexibility index (Phi) is 8.23. The molecule has 2 atom stereocenters. The van der Waals surface area contributed by atoms with Gasteiger partial charge in [-0.3, -0.25) is 14.4 Å². The molecule has 9 heteroatoms. The Balaban J connectivity index is 1.92. The van der Waals surface area contributed by atoms with Crippen molar-refractivity contribution in [2.45, 2.75) is 38.2 Å². The lowest BCUT2D eigenvalue weighted by Gasteiger charge is -2.30. The fourth-order valence-corrected chi connectivity index (χ4v) is 4.36. The van der Waals surface area contributed by atoms with E-state index in [1.165, 1.54) is 7.11 Å². The van der Waals surface area contributed by atoms with Crippen molar-refractivity contribution in [1.29, 1.82) is 0 Å². The van der Waals surface area contributed by atoms with Gasteiger partial charge in [0, 0.05) is 49.8 Å². The molecule has 3 rings (SSSR count). The maximum atomic E-state index is 13.5. The minimum atomic E-state index is -1.79. The van der Waals surface area contributed by atoms with Crippen molar-refractivity contribution in [2.24, 2.45) is 5.92 Å². The van der Waals surface area contributed by atoms with Crippen LogP contribution in [-0.4, -0.2) is 67.9 Å². The van der Waals surface area contributed by atoms with E-state index in [2.05, 4.69) is 10.1 Å². The highest BCUT2D eigenvalue weighted by atomic mass is 16.5. The third kappa shape index (κ3) is 5.10. The number of unbranched alkanes of at least 4 members (excludes halogenated alkanes) is 1. The van der Waals surface area contributed by atoms with Crippen molar-refractivity contribution < 1.29 is 29.3 Å². The molecule has 1 fully saturated rings. The third-order valence-electron chi connectivity index (χ3n) is 6.27. The standard InChI is InChI=1S/C24H33N3O6/c1-17(7-4-6-14-28)24(32)19-15-18(26-13-11-25-16-21(26)29)9-10-20(19)27(23(24)31)12-5-3-8-22(30)33-2/h4,7,9-10,15,17,25,28,32H,3,5-6,8,11-14,16H2,1-2H3/b7-4+/t17-,24+/m1/s1. The molecule has 0 radical (unpaired) electrons. The molecule has 0 aliphatic carbocycles. The number of anilines is 2. The first-order valence-electron chi connectivity index (χ1n) is 11.4. The van der Waals surface area contributed by atoms with Crippen molar-refractivity contribution >= 4 is 29.2 Å². The zero-order valence-corrected chi connectivity index (χ0v) is 19.2. The lowest BCUT2D eigenvalue weighted by molar-refractivity contribution is -0.140. The summed E-state index contributed by atoms with van der Waals surface area (Å²) >= 11 is 0. The van der Waals surface area contributed by atoms with Crippen LogP contribution in [0.4, 0.5) is 11.4 Å². The zero-order chi connectivity index (χ0) is 24.0. The molecule has 2 amide bonds. The molecule has 2 heterocycles. The number of rotatable bonds is 10. The predicted octanol–water partition coefficient (Wildman–Crippen LogP) is 1.07. The molecule has 2 aliphatic rings. The molecule has 9 nitrogen and oxygen atoms in total. The Morgan fingerprint density at radius 2 is 2.12 bits per heavy atom. The molecule has 1 aromatic carbocycles. The van der Waals surface area contributed by atoms with Gasteiger partial charge in [0.25, 0.3) is 5.91 Å². The number of carbonyl (C=O) groups is 3. The lowest BCUT2D eigenvalue weighted by atomic mass is 9.82. The summed E-state index contributed by atoms with van der Waals surface area (Å²) in [5.41, 5.74) is -0.0817. The molecule has 0 unspecified atom stereocenters. The average molecular weight is 460 g/mol. The fraction of sp³-hybridized carbons (Fsp3) is 0.542. The summed E-state index contributed by atoms with van der Waals surface area (Å²) < 4.78 is 4.67. The molecule has 33 heavy (non-hydrogen) atoms. The molecule has 0 aromatic heterocycles. The van der Waals surface area contributed by atoms with Gasteiger partial charge in [-0.15, -0.1) is 0 Å². The summed E-state index contributed by atoms with van der Waals surface area (Å²) in [6, 6.07) is 5.32. The monoisotopic (exact) mass is 459 g/mol. The lowest BCUT2D eigenvalue weighted by Crippen LogP contribution is -2.48. The number of hydrogen-bond donors (Lipinski definition) is 3. The van der Waals surface area contributed by atoms with E-state index in [1.54, 1.807) is 47.1 Å². The fourth-order valence-electron chi connectivity index (χ4n) is 4.36. The van der Waals surface area contributed by atoms with Gasteiger partial charge in [0.2, 0.25) is 5.91 Å². The van der Waals surface area contributed by atoms with Gasteiger partial charge in [0.1, 0.15) is 0 Å². The minimum Gasteiger partial charge on any atom is -0.469 e. The van der Waals surface area contributed by atoms with Crippen LogP contribution in [0.3, 0.4) is 0 Å². The Morgan fingerprint density at radius 3 is 2.82 bits per heavy atom. The number of hydrogen-bond acceptors (Lipinski definition) is 7. The van der Waals surface area contributed by atoms with Crippen LogP contribution in [0.2, 0.25) is 0 Å². The van der Waals surface area contributed by atoms with Crippen molar-refractivity contribution in [3.05, 3.63) is 35.9 Å². The Bertz CT molecular complexity index is 917. The third-order valence-corrected chi connectivity index (χ3v) is 6.27. The van der Waals surface area contributed by atoms with Gasteiger partial charge < -0.3 is 30.1 Å². The van der Waals surface area contributed by atoms with Crippen molar-refractivity contribution in [1.82, 2.24) is 5.32 Å². The van der Waals surface area contributed by atoms with Crippen LogP contribution in [0, 0.1) is 5.92 Å². The summed E-state index contributed by atoms with van der Waals surface area (Å²) in [7, 11) is 1.34. The summed E-state index contributed by atoms with van der Waals surface area (Å²) in [4.78, 5) is 40.5. The quantitative estimate of drug-likeness (QED) is 0.272. The van der Waals surface area contributed by atoms with Crippen molar-refractivity contribution in [3.8, 4) is 0 Å². The molecular weight excluding hydrogens is 426 g/mol. The Hall–Kier alpha value is -2.75. The number of esters is 1. The first kappa shape index (κ1) is 24.9. The van der Waals surface area contributed by atoms with E-state index in [1.807, 2.05) is 0 Å². The molecule has 1 saturated heterocycles. The zero-order valence-electron chi connectivity index (χ0n) is 19.2. The molecular formula is C24H33N3O6. The van der Waals surface area contributed by atoms with Gasteiger partial charge in [-0.2, -0.15) is 0 Å². The van der Waals surface area contributed by atoms with Crippen molar-refractivity contribution in [3.63, 3.8) is 0 Å². The van der Waals surface area contributed by atoms with E-state index in [0.717, 1.165) is 0 Å². The maximum absolute atomic E-state index is 13.5. The molecule has 180 valence electrons. The second-order valence-electron chi connectivity index (χ2n) is 8.41. The van der Waals surface area contributed by atoms with Crippen LogP contribution >= 0.6 is 0 Å². The molecule has 0 spiro atoms. The first-order chi connectivity index (χ1) is 15.8. The second-order valence-corrected chi connectivity index (χ2v) is 8.41. The topological polar surface area (TPSA) is 119 Å². The molecule has 0 bridgehead atoms. The molecule has 2 aliphatic heterocycles. The number of fused-ring (bicyclic) bond motifs is 1. The highest BCUT2D eigenvalue weighted by Gasteiger charge is 2.52. The maximum Gasteiger partial charge on any atom is 0.305 e. The number of amides is 2. The van der Waals surface area contributed by atoms with Crippen LogP contribution in [0.1, 0.15) is 38.2 Å². The normalized spacial score (nSPS) is 21.6. The van der Waals surface area contributed by atoms with E-state index >= 15 is 0 Å². The predicted molar refractivity (Wildman–Crippen MR) is 124 cm³/mol. The van der Waals surface area contributed by atoms with Crippen LogP contribution in [0.5, 0.6) is 0 Å². The number of ether oxygens (including phenoxy) is 1. The summed E-state index contributed by atoms with van der Waals surface area (Å²) in [5.74, 6) is -1.35. The molecule has 3 N–H and O–H groups in total.